The number of carbonyl (C=O) groups is 2. The summed E-state index contributed by atoms with van der Waals surface area (Å²) in [6.45, 7) is 2.86. The first-order valence-corrected chi connectivity index (χ1v) is 8.87. The van der Waals surface area contributed by atoms with Gasteiger partial charge in [-0.2, -0.15) is 0 Å². The molecule has 1 saturated carbocycles. The highest BCUT2D eigenvalue weighted by Gasteiger charge is 2.31. The highest BCUT2D eigenvalue weighted by molar-refractivity contribution is 7.13. The molecule has 1 saturated heterocycles. The van der Waals surface area contributed by atoms with E-state index in [1.165, 1.54) is 37.0 Å². The summed E-state index contributed by atoms with van der Waals surface area (Å²) in [5.74, 6) is -0.756. The predicted molar refractivity (Wildman–Crippen MR) is 84.3 cm³/mol. The van der Waals surface area contributed by atoms with Crippen LogP contribution in [0.15, 0.2) is 0 Å². The molecule has 0 spiro atoms. The van der Waals surface area contributed by atoms with Crippen LogP contribution in [0.4, 0.5) is 0 Å². The number of thiazole rings is 1. The second-order valence-electron chi connectivity index (χ2n) is 6.38. The maximum atomic E-state index is 12.7. The third-order valence-corrected chi connectivity index (χ3v) is 6.08. The number of piperidine rings is 1. The van der Waals surface area contributed by atoms with Crippen molar-refractivity contribution in [3.05, 3.63) is 15.6 Å². The average Bonchev–Trinajstić information content (AvgIpc) is 3.16. The quantitative estimate of drug-likeness (QED) is 0.928. The summed E-state index contributed by atoms with van der Waals surface area (Å²) in [4.78, 5) is 30.9. The largest absolute Gasteiger partial charge is 0.481 e. The molecule has 3 rings (SSSR count). The van der Waals surface area contributed by atoms with E-state index in [-0.39, 0.29) is 5.91 Å². The van der Waals surface area contributed by atoms with Crippen molar-refractivity contribution in [3.8, 4) is 0 Å². The van der Waals surface area contributed by atoms with Gasteiger partial charge in [0, 0.05) is 19.0 Å². The van der Waals surface area contributed by atoms with Crippen LogP contribution in [0.3, 0.4) is 0 Å². The van der Waals surface area contributed by atoms with E-state index in [0.29, 0.717) is 30.3 Å². The zero-order valence-electron chi connectivity index (χ0n) is 12.9. The van der Waals surface area contributed by atoms with Crippen LogP contribution in [-0.4, -0.2) is 40.0 Å². The molecule has 0 aromatic carbocycles. The Labute approximate surface area is 134 Å². The number of aromatic nitrogens is 1. The SMILES string of the molecule is Cc1nc(C2CCCC2)sc1C(=O)N1CCC[C@@H](C(=O)O)C1. The lowest BCUT2D eigenvalue weighted by Gasteiger charge is -2.30. The summed E-state index contributed by atoms with van der Waals surface area (Å²) in [5.41, 5.74) is 0.800. The monoisotopic (exact) mass is 322 g/mol. The number of aryl methyl sites for hydroxylation is 1. The Kier molecular flexibility index (Phi) is 4.47. The van der Waals surface area contributed by atoms with Crippen molar-refractivity contribution in [2.24, 2.45) is 5.92 Å². The van der Waals surface area contributed by atoms with Gasteiger partial charge in [0.2, 0.25) is 0 Å². The van der Waals surface area contributed by atoms with Gasteiger partial charge in [0.05, 0.1) is 16.6 Å². The van der Waals surface area contributed by atoms with Gasteiger partial charge in [0.15, 0.2) is 0 Å². The molecule has 0 radical (unpaired) electrons. The maximum absolute atomic E-state index is 12.7. The Morgan fingerprint density at radius 2 is 1.95 bits per heavy atom. The lowest BCUT2D eigenvalue weighted by molar-refractivity contribution is -0.143. The van der Waals surface area contributed by atoms with Crippen molar-refractivity contribution in [1.29, 1.82) is 0 Å². The van der Waals surface area contributed by atoms with Gasteiger partial charge in [0.25, 0.3) is 5.91 Å². The van der Waals surface area contributed by atoms with Crippen LogP contribution >= 0.6 is 11.3 Å². The number of nitrogens with zero attached hydrogens (tertiary/aromatic N) is 2. The van der Waals surface area contributed by atoms with Crippen molar-refractivity contribution in [2.75, 3.05) is 13.1 Å². The second-order valence-corrected chi connectivity index (χ2v) is 7.41. The first kappa shape index (κ1) is 15.5. The topological polar surface area (TPSA) is 70.5 Å². The minimum atomic E-state index is -0.801. The Morgan fingerprint density at radius 3 is 2.64 bits per heavy atom. The number of carboxylic acids is 1. The zero-order valence-corrected chi connectivity index (χ0v) is 13.7. The molecule has 2 heterocycles. The van der Waals surface area contributed by atoms with E-state index in [1.807, 2.05) is 6.92 Å². The molecule has 0 unspecified atom stereocenters. The van der Waals surface area contributed by atoms with Gasteiger partial charge >= 0.3 is 5.97 Å². The van der Waals surface area contributed by atoms with Crippen molar-refractivity contribution >= 4 is 23.2 Å². The molecule has 1 amide bonds. The van der Waals surface area contributed by atoms with Crippen molar-refractivity contribution in [1.82, 2.24) is 9.88 Å². The van der Waals surface area contributed by atoms with E-state index in [1.54, 1.807) is 4.90 Å². The summed E-state index contributed by atoms with van der Waals surface area (Å²) in [5, 5.41) is 10.3. The number of likely N-dealkylation sites (tertiary alicyclic amines) is 1. The summed E-state index contributed by atoms with van der Waals surface area (Å²) in [6.07, 6.45) is 6.26. The molecule has 1 aliphatic heterocycles. The fourth-order valence-corrected chi connectivity index (χ4v) is 4.67. The van der Waals surface area contributed by atoms with Gasteiger partial charge in [-0.05, 0) is 32.6 Å². The van der Waals surface area contributed by atoms with Gasteiger partial charge in [-0.1, -0.05) is 12.8 Å². The normalized spacial score (nSPS) is 23.0. The average molecular weight is 322 g/mol. The first-order valence-electron chi connectivity index (χ1n) is 8.05. The molecule has 2 fully saturated rings. The number of aliphatic carboxylic acids is 1. The lowest BCUT2D eigenvalue weighted by Crippen LogP contribution is -2.42. The highest BCUT2D eigenvalue weighted by atomic mass is 32.1. The molecule has 120 valence electrons. The molecule has 22 heavy (non-hydrogen) atoms. The van der Waals surface area contributed by atoms with E-state index >= 15 is 0 Å². The smallest absolute Gasteiger partial charge is 0.308 e. The van der Waals surface area contributed by atoms with E-state index in [9.17, 15) is 9.59 Å². The molecule has 1 N–H and O–H groups in total. The molecular weight excluding hydrogens is 300 g/mol. The molecule has 0 bridgehead atoms. The van der Waals surface area contributed by atoms with E-state index in [2.05, 4.69) is 4.98 Å². The standard InChI is InChI=1S/C16H22N2O3S/c1-10-13(22-14(17-10)11-5-2-3-6-11)15(19)18-8-4-7-12(9-18)16(20)21/h11-12H,2-9H2,1H3,(H,20,21)/t12-/m1/s1. The minimum Gasteiger partial charge on any atom is -0.481 e. The fourth-order valence-electron chi connectivity index (χ4n) is 3.47. The maximum Gasteiger partial charge on any atom is 0.308 e. The van der Waals surface area contributed by atoms with Gasteiger partial charge in [0.1, 0.15) is 4.88 Å². The Morgan fingerprint density at radius 1 is 1.23 bits per heavy atom. The third kappa shape index (κ3) is 3.02. The van der Waals surface area contributed by atoms with Crippen LogP contribution in [0, 0.1) is 12.8 Å². The summed E-state index contributed by atoms with van der Waals surface area (Å²) >= 11 is 1.52. The Bertz CT molecular complexity index is 578. The number of hydrogen-bond acceptors (Lipinski definition) is 4. The van der Waals surface area contributed by atoms with Crippen molar-refractivity contribution in [2.45, 2.75) is 51.4 Å². The molecule has 6 heteroatoms. The number of hydrogen-bond donors (Lipinski definition) is 1. The first-order chi connectivity index (χ1) is 10.6. The third-order valence-electron chi connectivity index (χ3n) is 4.77. The number of carboxylic acid groups (broad SMARTS) is 1. The minimum absolute atomic E-state index is 0.0369. The van der Waals surface area contributed by atoms with Crippen LogP contribution < -0.4 is 0 Å². The van der Waals surface area contributed by atoms with Crippen LogP contribution in [0.25, 0.3) is 0 Å². The van der Waals surface area contributed by atoms with Gasteiger partial charge in [-0.3, -0.25) is 9.59 Å². The lowest BCUT2D eigenvalue weighted by atomic mass is 9.98. The van der Waals surface area contributed by atoms with Crippen LogP contribution in [-0.2, 0) is 4.79 Å². The molecule has 5 nitrogen and oxygen atoms in total. The Balaban J connectivity index is 1.75. The van der Waals surface area contributed by atoms with Crippen LogP contribution in [0.1, 0.15) is 64.8 Å². The van der Waals surface area contributed by atoms with E-state index in [4.69, 9.17) is 5.11 Å². The molecule has 2 aliphatic rings. The number of carbonyl (C=O) groups excluding carboxylic acids is 1. The van der Waals surface area contributed by atoms with Gasteiger partial charge < -0.3 is 10.0 Å². The van der Waals surface area contributed by atoms with Gasteiger partial charge in [-0.25, -0.2) is 4.98 Å². The summed E-state index contributed by atoms with van der Waals surface area (Å²) in [7, 11) is 0. The van der Waals surface area contributed by atoms with Crippen molar-refractivity contribution < 1.29 is 14.7 Å². The predicted octanol–water partition coefficient (Wildman–Crippen LogP) is 3.05. The Hall–Kier alpha value is -1.43. The van der Waals surface area contributed by atoms with E-state index < -0.39 is 11.9 Å². The van der Waals surface area contributed by atoms with E-state index in [0.717, 1.165) is 17.1 Å². The van der Waals surface area contributed by atoms with Crippen LogP contribution in [0.5, 0.6) is 0 Å². The molecule has 1 aromatic rings. The molecule has 1 aromatic heterocycles. The summed E-state index contributed by atoms with van der Waals surface area (Å²) < 4.78 is 0. The van der Waals surface area contributed by atoms with Gasteiger partial charge in [-0.15, -0.1) is 11.3 Å². The van der Waals surface area contributed by atoms with Crippen molar-refractivity contribution in [3.63, 3.8) is 0 Å². The zero-order chi connectivity index (χ0) is 15.7. The highest BCUT2D eigenvalue weighted by Crippen LogP contribution is 2.37. The number of rotatable bonds is 3. The second kappa shape index (κ2) is 6.36. The summed E-state index contributed by atoms with van der Waals surface area (Å²) in [6, 6.07) is 0. The molecular formula is C16H22N2O3S. The number of amides is 1. The fraction of sp³-hybridized carbons (Fsp3) is 0.688. The van der Waals surface area contributed by atoms with Crippen LogP contribution in [0.2, 0.25) is 0 Å². The molecule has 1 aliphatic carbocycles. The molecule has 1 atom stereocenters.